The second-order valence-corrected chi connectivity index (χ2v) is 9.73. The summed E-state index contributed by atoms with van der Waals surface area (Å²) in [7, 11) is 0. The van der Waals surface area contributed by atoms with E-state index in [1.54, 1.807) is 0 Å². The Kier molecular flexibility index (Phi) is 23.6. The summed E-state index contributed by atoms with van der Waals surface area (Å²) in [4.78, 5) is 12.2. The highest BCUT2D eigenvalue weighted by molar-refractivity contribution is 5.80. The minimum atomic E-state index is -1.29. The normalized spacial score (nSPS) is 15.5. The van der Waals surface area contributed by atoms with Crippen molar-refractivity contribution in [2.45, 2.75) is 147 Å². The second-order valence-electron chi connectivity index (χ2n) is 9.73. The van der Waals surface area contributed by atoms with E-state index in [4.69, 9.17) is 0 Å². The van der Waals surface area contributed by atoms with Gasteiger partial charge in [-0.1, -0.05) is 89.5 Å². The molecule has 6 heteroatoms. The zero-order valence-corrected chi connectivity index (χ0v) is 22.5. The van der Waals surface area contributed by atoms with Gasteiger partial charge in [0, 0.05) is 0 Å². The molecule has 1 amide bonds. The maximum atomic E-state index is 12.2. The van der Waals surface area contributed by atoms with Crippen molar-refractivity contribution < 1.29 is 25.2 Å². The van der Waals surface area contributed by atoms with Crippen LogP contribution in [0.3, 0.4) is 0 Å². The lowest BCUT2D eigenvalue weighted by Gasteiger charge is -2.27. The average molecular weight is 498 g/mol. The fraction of sp³-hybridized carbons (Fsp3) is 0.828. The van der Waals surface area contributed by atoms with E-state index in [2.05, 4.69) is 37.4 Å². The highest BCUT2D eigenvalue weighted by Crippen LogP contribution is 2.11. The molecular weight excluding hydrogens is 442 g/mol. The largest absolute Gasteiger partial charge is 0.394 e. The molecule has 0 rings (SSSR count). The standard InChI is InChI=1S/C29H55NO5/c1-3-5-7-9-11-13-14-15-17-18-20-22-26(32)28(34)25(24-31)30-29(35)27(33)23-21-19-16-12-10-8-6-4-2/h15-17,19,25-28,31-34H,3-14,18,20-24H2,1-2H3,(H,30,35)/b17-15+,19-16-. The number of hydrogen-bond donors (Lipinski definition) is 5. The van der Waals surface area contributed by atoms with Gasteiger partial charge in [0.1, 0.15) is 12.2 Å². The van der Waals surface area contributed by atoms with E-state index in [0.717, 1.165) is 25.7 Å². The molecule has 4 atom stereocenters. The topological polar surface area (TPSA) is 110 Å². The van der Waals surface area contributed by atoms with Crippen molar-refractivity contribution in [1.29, 1.82) is 0 Å². The molecule has 0 radical (unpaired) electrons. The third kappa shape index (κ3) is 19.6. The van der Waals surface area contributed by atoms with Crippen molar-refractivity contribution in [2.24, 2.45) is 0 Å². The molecule has 0 aliphatic rings. The van der Waals surface area contributed by atoms with Gasteiger partial charge in [-0.25, -0.2) is 0 Å². The molecule has 4 unspecified atom stereocenters. The number of aliphatic hydroxyl groups is 4. The van der Waals surface area contributed by atoms with Crippen molar-refractivity contribution in [1.82, 2.24) is 5.32 Å². The van der Waals surface area contributed by atoms with Gasteiger partial charge in [-0.2, -0.15) is 0 Å². The lowest BCUT2D eigenvalue weighted by molar-refractivity contribution is -0.132. The summed E-state index contributed by atoms with van der Waals surface area (Å²) in [6.45, 7) is 3.90. The summed E-state index contributed by atoms with van der Waals surface area (Å²) >= 11 is 0. The zero-order chi connectivity index (χ0) is 26.2. The summed E-state index contributed by atoms with van der Waals surface area (Å²) in [6.07, 6.45) is 22.2. The first-order valence-corrected chi connectivity index (χ1v) is 14.2. The Morgan fingerprint density at radius 2 is 1.17 bits per heavy atom. The molecule has 0 spiro atoms. The van der Waals surface area contributed by atoms with E-state index < -0.39 is 36.9 Å². The van der Waals surface area contributed by atoms with Gasteiger partial charge in [0.15, 0.2) is 0 Å². The molecule has 0 aliphatic heterocycles. The van der Waals surface area contributed by atoms with Crippen LogP contribution in [0.1, 0.15) is 123 Å². The molecule has 0 saturated heterocycles. The first kappa shape index (κ1) is 33.8. The quantitative estimate of drug-likeness (QED) is 0.0914. The summed E-state index contributed by atoms with van der Waals surface area (Å²) in [6, 6.07) is -1.01. The number of nitrogens with one attached hydrogen (secondary N) is 1. The molecule has 0 aromatic heterocycles. The van der Waals surface area contributed by atoms with Crippen molar-refractivity contribution in [3.05, 3.63) is 24.3 Å². The Bertz CT molecular complexity index is 537. The first-order chi connectivity index (χ1) is 17.0. The minimum absolute atomic E-state index is 0.277. The number of allylic oxidation sites excluding steroid dienone is 4. The smallest absolute Gasteiger partial charge is 0.249 e. The number of hydrogen-bond acceptors (Lipinski definition) is 5. The Balaban J connectivity index is 4.07. The summed E-state index contributed by atoms with van der Waals surface area (Å²) in [5, 5.41) is 42.8. The van der Waals surface area contributed by atoms with Crippen LogP contribution in [0, 0.1) is 0 Å². The minimum Gasteiger partial charge on any atom is -0.394 e. The van der Waals surface area contributed by atoms with Crippen molar-refractivity contribution in [2.75, 3.05) is 6.61 Å². The van der Waals surface area contributed by atoms with E-state index >= 15 is 0 Å². The Morgan fingerprint density at radius 3 is 1.74 bits per heavy atom. The highest BCUT2D eigenvalue weighted by Gasteiger charge is 2.28. The van der Waals surface area contributed by atoms with Gasteiger partial charge >= 0.3 is 0 Å². The Hall–Kier alpha value is -1.21. The average Bonchev–Trinajstić information content (AvgIpc) is 2.86. The van der Waals surface area contributed by atoms with E-state index in [0.29, 0.717) is 19.3 Å². The third-order valence-electron chi connectivity index (χ3n) is 6.39. The Labute approximate surface area is 214 Å². The van der Waals surface area contributed by atoms with Crippen LogP contribution in [0.4, 0.5) is 0 Å². The van der Waals surface area contributed by atoms with Gasteiger partial charge in [-0.3, -0.25) is 4.79 Å². The van der Waals surface area contributed by atoms with Crippen molar-refractivity contribution in [3.8, 4) is 0 Å². The van der Waals surface area contributed by atoms with Crippen LogP contribution in [0.15, 0.2) is 24.3 Å². The van der Waals surface area contributed by atoms with Gasteiger partial charge in [0.25, 0.3) is 0 Å². The van der Waals surface area contributed by atoms with Crippen LogP contribution < -0.4 is 5.32 Å². The maximum absolute atomic E-state index is 12.2. The number of rotatable bonds is 24. The number of amides is 1. The maximum Gasteiger partial charge on any atom is 0.249 e. The summed E-state index contributed by atoms with van der Waals surface area (Å²) in [5.41, 5.74) is 0. The molecule has 0 heterocycles. The predicted molar refractivity (Wildman–Crippen MR) is 145 cm³/mol. The van der Waals surface area contributed by atoms with Crippen LogP contribution >= 0.6 is 0 Å². The molecule has 35 heavy (non-hydrogen) atoms. The van der Waals surface area contributed by atoms with Crippen LogP contribution in [0.5, 0.6) is 0 Å². The SMILES string of the molecule is CCCCCC/C=C\CCC(O)C(=O)NC(CO)C(O)C(O)CCC/C=C/CCCCCCCC. The van der Waals surface area contributed by atoms with Crippen LogP contribution in [-0.4, -0.2) is 57.3 Å². The fourth-order valence-corrected chi connectivity index (χ4v) is 3.99. The van der Waals surface area contributed by atoms with E-state index in [-0.39, 0.29) is 6.42 Å². The monoisotopic (exact) mass is 497 g/mol. The summed E-state index contributed by atoms with van der Waals surface area (Å²) < 4.78 is 0. The van der Waals surface area contributed by atoms with Gasteiger partial charge in [0.05, 0.1) is 18.8 Å². The molecular formula is C29H55NO5. The third-order valence-corrected chi connectivity index (χ3v) is 6.39. The molecule has 0 bridgehead atoms. The first-order valence-electron chi connectivity index (χ1n) is 14.2. The fourth-order valence-electron chi connectivity index (χ4n) is 3.99. The molecule has 6 nitrogen and oxygen atoms in total. The van der Waals surface area contributed by atoms with Gasteiger partial charge in [-0.15, -0.1) is 0 Å². The molecule has 5 N–H and O–H groups in total. The molecule has 0 aromatic rings. The van der Waals surface area contributed by atoms with Gasteiger partial charge < -0.3 is 25.7 Å². The highest BCUT2D eigenvalue weighted by atomic mass is 16.3. The lowest BCUT2D eigenvalue weighted by Crippen LogP contribution is -2.53. The summed E-state index contributed by atoms with van der Waals surface area (Å²) in [5.74, 6) is -0.635. The van der Waals surface area contributed by atoms with E-state index in [1.165, 1.54) is 57.8 Å². The second kappa shape index (κ2) is 24.5. The predicted octanol–water partition coefficient (Wildman–Crippen LogP) is 5.33. The number of aliphatic hydroxyl groups excluding tert-OH is 4. The van der Waals surface area contributed by atoms with Crippen LogP contribution in [-0.2, 0) is 4.79 Å². The van der Waals surface area contributed by atoms with Crippen LogP contribution in [0.2, 0.25) is 0 Å². The van der Waals surface area contributed by atoms with Crippen molar-refractivity contribution >= 4 is 5.91 Å². The van der Waals surface area contributed by atoms with Crippen molar-refractivity contribution in [3.63, 3.8) is 0 Å². The van der Waals surface area contributed by atoms with Gasteiger partial charge in [0.2, 0.25) is 5.91 Å². The molecule has 0 fully saturated rings. The van der Waals surface area contributed by atoms with Crippen LogP contribution in [0.25, 0.3) is 0 Å². The molecule has 206 valence electrons. The molecule has 0 aromatic carbocycles. The zero-order valence-electron chi connectivity index (χ0n) is 22.5. The van der Waals surface area contributed by atoms with E-state index in [9.17, 15) is 25.2 Å². The number of carbonyl (C=O) groups is 1. The van der Waals surface area contributed by atoms with Gasteiger partial charge in [-0.05, 0) is 57.8 Å². The van der Waals surface area contributed by atoms with E-state index in [1.807, 2.05) is 6.08 Å². The molecule has 0 aliphatic carbocycles. The Morgan fingerprint density at radius 1 is 0.686 bits per heavy atom. The number of carbonyl (C=O) groups excluding carboxylic acids is 1. The number of unbranched alkanes of at least 4 members (excludes halogenated alkanes) is 11. The lowest BCUT2D eigenvalue weighted by atomic mass is 10.0. The molecule has 0 saturated carbocycles.